The van der Waals surface area contributed by atoms with Crippen LogP contribution in [0.2, 0.25) is 0 Å². The Hall–Kier alpha value is -7.00. The number of methoxy groups -OCH3 is 3. The first-order valence-corrected chi connectivity index (χ1v) is 22.1. The SMILES string of the molecule is CCC[C@@H](c1nc2c(ccc3cc(-c4ccc5c(ccc6[nH]c([C@@H]7C[C@H](COC)CN7C(=O)[C@H](NC(=O)OC)c7ccccc7)nc65)c4)ccc32)[nH]1)N(C)C(=O)[C@@H](NC(=O)OC)C(C)C. The summed E-state index contributed by atoms with van der Waals surface area (Å²) in [4.78, 5) is 73.5. The van der Waals surface area contributed by atoms with E-state index in [0.717, 1.165) is 61.2 Å². The van der Waals surface area contributed by atoms with E-state index in [1.807, 2.05) is 56.3 Å². The van der Waals surface area contributed by atoms with Gasteiger partial charge >= 0.3 is 12.2 Å². The van der Waals surface area contributed by atoms with Crippen LogP contribution in [0.1, 0.15) is 75.4 Å². The van der Waals surface area contributed by atoms with Gasteiger partial charge in [0.15, 0.2) is 0 Å². The minimum atomic E-state index is -0.946. The molecule has 5 atom stereocenters. The fourth-order valence-corrected chi connectivity index (χ4v) is 9.23. The molecule has 8 rings (SSSR count). The van der Waals surface area contributed by atoms with Crippen molar-refractivity contribution in [2.24, 2.45) is 11.8 Å². The van der Waals surface area contributed by atoms with Crippen molar-refractivity contribution in [2.45, 2.75) is 64.2 Å². The molecule has 338 valence electrons. The number of nitrogens with one attached hydrogen (secondary N) is 4. The minimum absolute atomic E-state index is 0.0698. The van der Waals surface area contributed by atoms with Gasteiger partial charge in [0.1, 0.15) is 23.7 Å². The number of fused-ring (bicyclic) bond motifs is 6. The van der Waals surface area contributed by atoms with Gasteiger partial charge < -0.3 is 44.6 Å². The Bertz CT molecular complexity index is 2880. The summed E-state index contributed by atoms with van der Waals surface area (Å²) in [7, 11) is 5.98. The predicted octanol–water partition coefficient (Wildman–Crippen LogP) is 8.73. The third kappa shape index (κ3) is 8.92. The zero-order valence-electron chi connectivity index (χ0n) is 37.8. The lowest BCUT2D eigenvalue weighted by atomic mass is 9.98. The lowest BCUT2D eigenvalue weighted by Gasteiger charge is -2.31. The van der Waals surface area contributed by atoms with E-state index in [4.69, 9.17) is 24.2 Å². The summed E-state index contributed by atoms with van der Waals surface area (Å²) in [6.45, 7) is 6.77. The van der Waals surface area contributed by atoms with E-state index in [2.05, 4.69) is 76.1 Å². The maximum absolute atomic E-state index is 14.4. The van der Waals surface area contributed by atoms with Crippen molar-refractivity contribution in [3.63, 3.8) is 0 Å². The number of benzene rings is 5. The number of aromatic amines is 2. The third-order valence-electron chi connectivity index (χ3n) is 12.6. The molecule has 15 nitrogen and oxygen atoms in total. The van der Waals surface area contributed by atoms with Crippen molar-refractivity contribution >= 4 is 67.6 Å². The molecule has 1 fully saturated rings. The minimum Gasteiger partial charge on any atom is -0.453 e. The van der Waals surface area contributed by atoms with Gasteiger partial charge in [-0.05, 0) is 70.5 Å². The number of carbonyl (C=O) groups excluding carboxylic acids is 4. The van der Waals surface area contributed by atoms with Crippen LogP contribution in [0.3, 0.4) is 0 Å². The molecule has 7 aromatic rings. The van der Waals surface area contributed by atoms with Gasteiger partial charge in [-0.15, -0.1) is 0 Å². The van der Waals surface area contributed by atoms with E-state index in [9.17, 15) is 19.2 Å². The zero-order valence-corrected chi connectivity index (χ0v) is 37.8. The Morgan fingerprint density at radius 2 is 1.42 bits per heavy atom. The van der Waals surface area contributed by atoms with E-state index < -0.39 is 24.3 Å². The van der Waals surface area contributed by atoms with Crippen LogP contribution in [-0.2, 0) is 23.8 Å². The average Bonchev–Trinajstić information content (AvgIpc) is 4.08. The van der Waals surface area contributed by atoms with Crippen molar-refractivity contribution in [1.82, 2.24) is 40.4 Å². The molecule has 65 heavy (non-hydrogen) atoms. The topological polar surface area (TPSA) is 184 Å². The van der Waals surface area contributed by atoms with Crippen LogP contribution >= 0.6 is 0 Å². The summed E-state index contributed by atoms with van der Waals surface area (Å²) in [5.41, 5.74) is 6.10. The van der Waals surface area contributed by atoms with Gasteiger partial charge in [-0.1, -0.05) is 93.9 Å². The molecule has 0 aliphatic carbocycles. The average molecular weight is 881 g/mol. The number of nitrogens with zero attached hydrogens (tertiary/aromatic N) is 4. The van der Waals surface area contributed by atoms with Gasteiger partial charge in [-0.2, -0.15) is 0 Å². The number of carbonyl (C=O) groups is 4. The van der Waals surface area contributed by atoms with E-state index in [1.54, 1.807) is 24.0 Å². The van der Waals surface area contributed by atoms with E-state index >= 15 is 0 Å². The molecule has 4 N–H and O–H groups in total. The van der Waals surface area contributed by atoms with Crippen LogP contribution in [0.25, 0.3) is 54.7 Å². The lowest BCUT2D eigenvalue weighted by molar-refractivity contribution is -0.136. The predicted molar refractivity (Wildman–Crippen MR) is 250 cm³/mol. The summed E-state index contributed by atoms with van der Waals surface area (Å²) < 4.78 is 15.2. The Balaban J connectivity index is 1.07. The van der Waals surface area contributed by atoms with Gasteiger partial charge in [0, 0.05) is 37.4 Å². The van der Waals surface area contributed by atoms with Crippen LogP contribution in [0, 0.1) is 11.8 Å². The highest BCUT2D eigenvalue weighted by atomic mass is 16.5. The van der Waals surface area contributed by atoms with Crippen LogP contribution in [0.15, 0.2) is 91.0 Å². The maximum Gasteiger partial charge on any atom is 0.407 e. The van der Waals surface area contributed by atoms with Gasteiger partial charge in [-0.25, -0.2) is 19.6 Å². The normalized spacial score (nSPS) is 16.5. The van der Waals surface area contributed by atoms with Crippen molar-refractivity contribution in [1.29, 1.82) is 0 Å². The zero-order chi connectivity index (χ0) is 45.9. The van der Waals surface area contributed by atoms with E-state index in [0.29, 0.717) is 43.2 Å². The highest BCUT2D eigenvalue weighted by Gasteiger charge is 2.41. The highest BCUT2D eigenvalue weighted by molar-refractivity contribution is 6.07. The first kappa shape index (κ1) is 44.6. The summed E-state index contributed by atoms with van der Waals surface area (Å²) >= 11 is 0. The Kier molecular flexibility index (Phi) is 13.0. The molecule has 1 aliphatic rings. The highest BCUT2D eigenvalue weighted by Crippen LogP contribution is 2.39. The number of H-pyrrole nitrogens is 2. The number of alkyl carbamates (subject to hydrolysis) is 2. The summed E-state index contributed by atoms with van der Waals surface area (Å²) in [5, 5.41) is 9.46. The molecule has 0 bridgehead atoms. The second kappa shape index (κ2) is 19.0. The molecule has 0 saturated carbocycles. The maximum atomic E-state index is 14.4. The number of rotatable bonds is 14. The smallest absolute Gasteiger partial charge is 0.407 e. The van der Waals surface area contributed by atoms with Gasteiger partial charge in [0.25, 0.3) is 5.91 Å². The van der Waals surface area contributed by atoms with Gasteiger partial charge in [0.05, 0.1) is 55.0 Å². The molecule has 5 aromatic carbocycles. The number of amides is 4. The monoisotopic (exact) mass is 880 g/mol. The molecule has 2 aromatic heterocycles. The van der Waals surface area contributed by atoms with Crippen LogP contribution in [0.5, 0.6) is 0 Å². The number of hydrogen-bond donors (Lipinski definition) is 4. The van der Waals surface area contributed by atoms with Crippen molar-refractivity contribution in [2.75, 3.05) is 41.5 Å². The third-order valence-corrected chi connectivity index (χ3v) is 12.6. The molecule has 4 amide bonds. The molecule has 0 spiro atoms. The summed E-state index contributed by atoms with van der Waals surface area (Å²) in [6, 6.07) is 27.7. The molecule has 1 saturated heterocycles. The summed E-state index contributed by atoms with van der Waals surface area (Å²) in [5.74, 6) is 0.810. The second-order valence-corrected chi connectivity index (χ2v) is 17.2. The fraction of sp³-hybridized carbons (Fsp3) is 0.360. The number of likely N-dealkylation sites (tertiary alicyclic amines) is 1. The molecule has 15 heteroatoms. The summed E-state index contributed by atoms with van der Waals surface area (Å²) in [6.07, 6.45) is 0.800. The first-order valence-electron chi connectivity index (χ1n) is 22.1. The Morgan fingerprint density at radius 3 is 2.02 bits per heavy atom. The standard InChI is InChI=1S/C50H56N8O7/c1-8-12-39(57(4)47(59)41(28(2)3)55-49(61)64-6)45-51-37-21-17-33-24-31(15-19-35(33)43(37)53-45)32-16-20-36-34(25-32)18-22-38-44(36)54-46(52-38)40-23-29(27-63-5)26-58(40)48(60)42(56-50(62)65-7)30-13-10-9-11-14-30/h9-11,13-22,24-25,28-29,39-42H,8,12,23,26-27H2,1-7H3,(H,51,53)(H,52,54)(H,55,61)(H,56,62)/t29-,39-,40-,41-,42+/m0/s1. The molecular weight excluding hydrogens is 825 g/mol. The van der Waals surface area contributed by atoms with Crippen LogP contribution in [0.4, 0.5) is 9.59 Å². The van der Waals surface area contributed by atoms with Gasteiger partial charge in [0.2, 0.25) is 5.91 Å². The number of aromatic nitrogens is 4. The fourth-order valence-electron chi connectivity index (χ4n) is 9.23. The largest absolute Gasteiger partial charge is 0.453 e. The number of hydrogen-bond acceptors (Lipinski definition) is 9. The second-order valence-electron chi connectivity index (χ2n) is 17.2. The molecule has 1 aliphatic heterocycles. The number of likely N-dealkylation sites (N-methyl/N-ethyl adjacent to an activating group) is 1. The number of imidazole rings is 2. The lowest BCUT2D eigenvalue weighted by Crippen LogP contribution is -2.51. The molecule has 0 unspecified atom stereocenters. The van der Waals surface area contributed by atoms with Gasteiger partial charge in [-0.3, -0.25) is 9.59 Å². The van der Waals surface area contributed by atoms with Crippen molar-refractivity contribution in [3.05, 3.63) is 108 Å². The Labute approximate surface area is 377 Å². The number of ether oxygens (including phenoxy) is 3. The van der Waals surface area contributed by atoms with Crippen molar-refractivity contribution < 1.29 is 33.4 Å². The quantitative estimate of drug-likeness (QED) is 0.0830. The van der Waals surface area contributed by atoms with Crippen molar-refractivity contribution in [3.8, 4) is 11.1 Å². The molecular formula is C50H56N8O7. The van der Waals surface area contributed by atoms with Crippen LogP contribution < -0.4 is 10.6 Å². The van der Waals surface area contributed by atoms with Crippen LogP contribution in [-0.4, -0.2) is 101 Å². The van der Waals surface area contributed by atoms with E-state index in [-0.39, 0.29) is 35.7 Å². The Morgan fingerprint density at radius 1 is 0.800 bits per heavy atom. The first-order chi connectivity index (χ1) is 31.4. The van der Waals surface area contributed by atoms with E-state index in [1.165, 1.54) is 14.2 Å². The molecule has 0 radical (unpaired) electrons. The molecule has 3 heterocycles.